The number of unbranched alkanes of at least 4 members (excludes halogenated alkanes) is 3. The average Bonchev–Trinajstić information content (AvgIpc) is 2.82. The summed E-state index contributed by atoms with van der Waals surface area (Å²) in [6, 6.07) is 34.2. The lowest BCUT2D eigenvalue weighted by atomic mass is 10.2. The van der Waals surface area contributed by atoms with Crippen molar-refractivity contribution in [2.45, 2.75) is 64.0 Å². The molecule has 0 aliphatic heterocycles. The van der Waals surface area contributed by atoms with E-state index in [1.54, 1.807) is 0 Å². The number of rotatable bonds is 11. The van der Waals surface area contributed by atoms with E-state index in [9.17, 15) is 0 Å². The number of allylic oxidation sites excluding steroid dienone is 2. The van der Waals surface area contributed by atoms with Gasteiger partial charge >= 0.3 is 0 Å². The molecule has 0 aliphatic carbocycles. The third-order valence-electron chi connectivity index (χ3n) is 6.46. The highest BCUT2D eigenvalue weighted by molar-refractivity contribution is 7.97. The molecule has 168 valence electrons. The first-order chi connectivity index (χ1) is 15.5. The van der Waals surface area contributed by atoms with Crippen LogP contribution in [0.25, 0.3) is 0 Å². The number of hydrogen-bond acceptors (Lipinski definition) is 0. The molecule has 0 radical (unpaired) electrons. The summed E-state index contributed by atoms with van der Waals surface area (Å²) in [7, 11) is -3.38. The maximum atomic E-state index is 2.58. The zero-order valence-electron chi connectivity index (χ0n) is 20.4. The molecule has 3 rings (SSSR count). The lowest BCUT2D eigenvalue weighted by molar-refractivity contribution is 0.728. The first kappa shape index (κ1) is 24.7. The molecule has 1 atom stereocenters. The van der Waals surface area contributed by atoms with Gasteiger partial charge < -0.3 is 0 Å². The Kier molecular flexibility index (Phi) is 9.08. The van der Waals surface area contributed by atoms with Gasteiger partial charge in [0.15, 0.2) is 0 Å². The van der Waals surface area contributed by atoms with E-state index in [4.69, 9.17) is 0 Å². The fourth-order valence-corrected chi connectivity index (χ4v) is 16.1. The van der Waals surface area contributed by atoms with Gasteiger partial charge in [-0.3, -0.25) is 0 Å². The minimum absolute atomic E-state index is 0.643. The highest BCUT2D eigenvalue weighted by Gasteiger charge is 2.56. The molecule has 0 aliphatic rings. The van der Waals surface area contributed by atoms with Gasteiger partial charge in [0.05, 0.1) is 13.4 Å². The molecule has 3 aromatic carbocycles. The van der Waals surface area contributed by atoms with E-state index in [0.29, 0.717) is 5.28 Å². The second-order valence-corrected chi connectivity index (χ2v) is 19.3. The second kappa shape index (κ2) is 11.8. The largest absolute Gasteiger partial charge is 0.111 e. The standard InChI is InChI=1S/C30H40PSi/c1-5-6-7-8-9-19-26-30(32(2,3)4)31(27-20-13-10-14-21-27,28-22-15-11-16-23-28)29-24-17-12-18-25-29/h9-25,30H,5-8,26H2,1-4H3/q+1/b19-9+. The molecule has 1 unspecified atom stereocenters. The first-order valence-electron chi connectivity index (χ1n) is 12.2. The third-order valence-corrected chi connectivity index (χ3v) is 16.7. The van der Waals surface area contributed by atoms with Gasteiger partial charge in [0.2, 0.25) is 0 Å². The van der Waals surface area contributed by atoms with E-state index in [2.05, 4.69) is 130 Å². The Morgan fingerprint density at radius 2 is 1.09 bits per heavy atom. The molecular weight excluding hydrogens is 419 g/mol. The fraction of sp³-hybridized carbons (Fsp3) is 0.333. The van der Waals surface area contributed by atoms with Gasteiger partial charge in [-0.05, 0) is 55.7 Å². The quantitative estimate of drug-likeness (QED) is 0.119. The Hall–Kier alpha value is -1.95. The lowest BCUT2D eigenvalue weighted by Crippen LogP contribution is -2.49. The van der Waals surface area contributed by atoms with Crippen molar-refractivity contribution in [3.63, 3.8) is 0 Å². The summed E-state index contributed by atoms with van der Waals surface area (Å²) < 4.78 is 0. The summed E-state index contributed by atoms with van der Waals surface area (Å²) >= 11 is 0. The second-order valence-electron chi connectivity index (χ2n) is 9.81. The average molecular weight is 460 g/mol. The van der Waals surface area contributed by atoms with Gasteiger partial charge in [0.1, 0.15) is 23.2 Å². The molecule has 0 amide bonds. The molecule has 0 nitrogen and oxygen atoms in total. The van der Waals surface area contributed by atoms with Crippen LogP contribution in [0.3, 0.4) is 0 Å². The van der Waals surface area contributed by atoms with Gasteiger partial charge in [-0.25, -0.2) is 0 Å². The van der Waals surface area contributed by atoms with Gasteiger partial charge in [-0.15, -0.1) is 0 Å². The van der Waals surface area contributed by atoms with Crippen LogP contribution >= 0.6 is 7.26 Å². The normalized spacial score (nSPS) is 13.4. The molecule has 3 aromatic rings. The monoisotopic (exact) mass is 459 g/mol. The molecule has 32 heavy (non-hydrogen) atoms. The maximum absolute atomic E-state index is 2.58. The zero-order chi connectivity index (χ0) is 22.9. The van der Waals surface area contributed by atoms with Crippen molar-refractivity contribution in [1.82, 2.24) is 0 Å². The first-order valence-corrected chi connectivity index (χ1v) is 17.7. The summed E-state index contributed by atoms with van der Waals surface area (Å²) in [5, 5.41) is 5.20. The predicted octanol–water partition coefficient (Wildman–Crippen LogP) is 7.75. The smallest absolute Gasteiger partial charge is 0.0884 e. The highest BCUT2D eigenvalue weighted by Crippen LogP contribution is 2.63. The van der Waals surface area contributed by atoms with Gasteiger partial charge in [-0.1, -0.05) is 106 Å². The highest BCUT2D eigenvalue weighted by atomic mass is 31.2. The molecule has 0 saturated carbocycles. The van der Waals surface area contributed by atoms with Gasteiger partial charge in [-0.2, -0.15) is 0 Å². The van der Waals surface area contributed by atoms with Crippen LogP contribution in [0.5, 0.6) is 0 Å². The molecule has 0 heterocycles. The summed E-state index contributed by atoms with van der Waals surface area (Å²) in [4.78, 5) is 0. The molecule has 2 heteroatoms. The molecule has 0 fully saturated rings. The maximum Gasteiger partial charge on any atom is 0.111 e. The minimum atomic E-state index is -1.84. The van der Waals surface area contributed by atoms with Crippen LogP contribution in [0.15, 0.2) is 103 Å². The molecular formula is C30H40PSi+. The van der Waals surface area contributed by atoms with Gasteiger partial charge in [0, 0.05) is 0 Å². The van der Waals surface area contributed by atoms with Crippen molar-refractivity contribution in [2.24, 2.45) is 0 Å². The Bertz CT molecular complexity index is 846. The van der Waals surface area contributed by atoms with E-state index < -0.39 is 15.3 Å². The van der Waals surface area contributed by atoms with Crippen LogP contribution in [0.1, 0.15) is 39.0 Å². The molecule has 0 spiro atoms. The third kappa shape index (κ3) is 5.69. The Labute approximate surface area is 198 Å². The van der Waals surface area contributed by atoms with E-state index >= 15 is 0 Å². The van der Waals surface area contributed by atoms with Crippen LogP contribution in [0.4, 0.5) is 0 Å². The Morgan fingerprint density at radius 1 is 0.656 bits per heavy atom. The van der Waals surface area contributed by atoms with E-state index in [0.717, 1.165) is 6.42 Å². The summed E-state index contributed by atoms with van der Waals surface area (Å²) in [5.74, 6) is 0. The van der Waals surface area contributed by atoms with Crippen LogP contribution in [0, 0.1) is 0 Å². The zero-order valence-corrected chi connectivity index (χ0v) is 22.3. The Balaban J connectivity index is 2.21. The molecule has 0 saturated heterocycles. The summed E-state index contributed by atoms with van der Waals surface area (Å²) in [6.07, 6.45) is 11.3. The number of hydrogen-bond donors (Lipinski definition) is 0. The van der Waals surface area contributed by atoms with E-state index in [1.165, 1.54) is 41.6 Å². The summed E-state index contributed by atoms with van der Waals surface area (Å²) in [6.45, 7) is 10.0. The lowest BCUT2D eigenvalue weighted by Gasteiger charge is -2.40. The van der Waals surface area contributed by atoms with Crippen LogP contribution in [0.2, 0.25) is 19.6 Å². The van der Waals surface area contributed by atoms with E-state index in [-0.39, 0.29) is 0 Å². The van der Waals surface area contributed by atoms with Crippen molar-refractivity contribution in [2.75, 3.05) is 0 Å². The van der Waals surface area contributed by atoms with Crippen LogP contribution in [-0.4, -0.2) is 13.4 Å². The Morgan fingerprint density at radius 3 is 1.47 bits per heavy atom. The van der Waals surface area contributed by atoms with Crippen molar-refractivity contribution in [3.8, 4) is 0 Å². The van der Waals surface area contributed by atoms with Crippen LogP contribution in [-0.2, 0) is 0 Å². The molecule has 0 aromatic heterocycles. The van der Waals surface area contributed by atoms with Crippen LogP contribution < -0.4 is 15.9 Å². The van der Waals surface area contributed by atoms with E-state index in [1.807, 2.05) is 0 Å². The van der Waals surface area contributed by atoms with Crippen molar-refractivity contribution < 1.29 is 0 Å². The number of benzene rings is 3. The molecule has 0 N–H and O–H groups in total. The molecule has 0 bridgehead atoms. The fourth-order valence-electron chi connectivity index (χ4n) is 4.92. The topological polar surface area (TPSA) is 0 Å². The minimum Gasteiger partial charge on any atom is -0.0884 e. The predicted molar refractivity (Wildman–Crippen MR) is 150 cm³/mol. The van der Waals surface area contributed by atoms with Gasteiger partial charge in [0.25, 0.3) is 0 Å². The SMILES string of the molecule is CCCCC/C=C/CC([Si](C)(C)C)[P+](c1ccccc1)(c1ccccc1)c1ccccc1. The summed E-state index contributed by atoms with van der Waals surface area (Å²) in [5.41, 5.74) is 0. The van der Waals surface area contributed by atoms with Crippen molar-refractivity contribution >= 4 is 31.2 Å². The van der Waals surface area contributed by atoms with Crippen molar-refractivity contribution in [3.05, 3.63) is 103 Å². The van der Waals surface area contributed by atoms with Crippen molar-refractivity contribution in [1.29, 1.82) is 0 Å².